The summed E-state index contributed by atoms with van der Waals surface area (Å²) in [5, 5.41) is 4.07. The van der Waals surface area contributed by atoms with E-state index in [9.17, 15) is 0 Å². The fourth-order valence-electron chi connectivity index (χ4n) is 1.03. The van der Waals surface area contributed by atoms with Gasteiger partial charge in [0.1, 0.15) is 5.82 Å². The molecule has 0 spiro atoms. The Morgan fingerprint density at radius 2 is 2.36 bits per heavy atom. The lowest BCUT2D eigenvalue weighted by Crippen LogP contribution is -1.88. The maximum Gasteiger partial charge on any atom is 0.149 e. The van der Waals surface area contributed by atoms with Crippen LogP contribution >= 0.6 is 0 Å². The average Bonchev–Trinajstić information content (AvgIpc) is 2.30. The van der Waals surface area contributed by atoms with Crippen LogP contribution in [0.15, 0.2) is 18.6 Å². The predicted octanol–water partition coefficient (Wildman–Crippen LogP) is 0.620. The van der Waals surface area contributed by atoms with Crippen molar-refractivity contribution < 1.29 is 0 Å². The van der Waals surface area contributed by atoms with Crippen molar-refractivity contribution in [3.05, 3.63) is 24.2 Å². The number of anilines is 1. The number of rotatable bonds is 0. The minimum absolute atomic E-state index is 0.568. The second kappa shape index (κ2) is 1.95. The molecule has 56 valence electrons. The predicted molar refractivity (Wildman–Crippen MR) is 42.1 cm³/mol. The molecule has 11 heavy (non-hydrogen) atoms. The second-order valence-corrected chi connectivity index (χ2v) is 2.42. The quantitative estimate of drug-likeness (QED) is 0.595. The van der Waals surface area contributed by atoms with E-state index in [0.717, 1.165) is 11.1 Å². The number of aromatic nitrogens is 3. The van der Waals surface area contributed by atoms with Gasteiger partial charge in [-0.1, -0.05) is 0 Å². The fraction of sp³-hybridized carbons (Fsp3) is 0.143. The molecule has 4 nitrogen and oxygen atoms in total. The molecule has 2 aromatic heterocycles. The van der Waals surface area contributed by atoms with Crippen molar-refractivity contribution in [1.29, 1.82) is 0 Å². The molecule has 0 radical (unpaired) electrons. The van der Waals surface area contributed by atoms with E-state index in [4.69, 9.17) is 5.73 Å². The van der Waals surface area contributed by atoms with Crippen molar-refractivity contribution >= 4 is 11.3 Å². The minimum atomic E-state index is 0.568. The first-order valence-corrected chi connectivity index (χ1v) is 3.33. The first-order chi connectivity index (χ1) is 5.29. The topological polar surface area (TPSA) is 56.2 Å². The highest BCUT2D eigenvalue weighted by Crippen LogP contribution is 2.13. The van der Waals surface area contributed by atoms with Gasteiger partial charge in [-0.3, -0.25) is 4.98 Å². The summed E-state index contributed by atoms with van der Waals surface area (Å²) in [6.07, 6.45) is 5.20. The van der Waals surface area contributed by atoms with E-state index in [0.29, 0.717) is 5.82 Å². The van der Waals surface area contributed by atoms with Crippen LogP contribution in [0.3, 0.4) is 0 Å². The number of fused-ring (bicyclic) bond motifs is 1. The Bertz CT molecular complexity index is 390. The van der Waals surface area contributed by atoms with Crippen LogP contribution in [0, 0.1) is 6.92 Å². The smallest absolute Gasteiger partial charge is 0.149 e. The molecule has 0 saturated heterocycles. The number of hydrogen-bond acceptors (Lipinski definition) is 3. The summed E-state index contributed by atoms with van der Waals surface area (Å²) in [6.45, 7) is 1.93. The molecule has 4 heteroatoms. The average molecular weight is 148 g/mol. The van der Waals surface area contributed by atoms with Crippen LogP contribution in [0.2, 0.25) is 0 Å². The largest absolute Gasteiger partial charge is 0.382 e. The van der Waals surface area contributed by atoms with Gasteiger partial charge in [0.05, 0.1) is 11.7 Å². The Kier molecular flexibility index (Phi) is 1.09. The molecule has 2 aromatic rings. The SMILES string of the molecule is Cc1c(N)nn2ccncc12. The van der Waals surface area contributed by atoms with Gasteiger partial charge in [-0.2, -0.15) is 5.10 Å². The fourth-order valence-corrected chi connectivity index (χ4v) is 1.03. The number of aryl methyl sites for hydroxylation is 1. The van der Waals surface area contributed by atoms with Crippen LogP contribution in [-0.4, -0.2) is 14.6 Å². The zero-order valence-corrected chi connectivity index (χ0v) is 6.15. The third kappa shape index (κ3) is 0.756. The molecule has 0 fully saturated rings. The Balaban J connectivity index is 2.92. The van der Waals surface area contributed by atoms with E-state index in [1.54, 1.807) is 23.1 Å². The molecule has 0 bridgehead atoms. The molecule has 2 N–H and O–H groups in total. The number of nitrogens with zero attached hydrogens (tertiary/aromatic N) is 3. The van der Waals surface area contributed by atoms with E-state index in [2.05, 4.69) is 10.1 Å². The van der Waals surface area contributed by atoms with Crippen molar-refractivity contribution in [3.63, 3.8) is 0 Å². The van der Waals surface area contributed by atoms with Crippen LogP contribution in [0.4, 0.5) is 5.82 Å². The molecule has 0 atom stereocenters. The minimum Gasteiger partial charge on any atom is -0.382 e. The van der Waals surface area contributed by atoms with Gasteiger partial charge in [0.25, 0.3) is 0 Å². The number of nitrogens with two attached hydrogens (primary N) is 1. The summed E-state index contributed by atoms with van der Waals surface area (Å²) in [5.41, 5.74) is 7.54. The van der Waals surface area contributed by atoms with E-state index in [1.807, 2.05) is 6.92 Å². The van der Waals surface area contributed by atoms with Crippen LogP contribution in [-0.2, 0) is 0 Å². The van der Waals surface area contributed by atoms with Gasteiger partial charge < -0.3 is 5.73 Å². The third-order valence-electron chi connectivity index (χ3n) is 1.72. The van der Waals surface area contributed by atoms with E-state index >= 15 is 0 Å². The van der Waals surface area contributed by atoms with Crippen molar-refractivity contribution in [1.82, 2.24) is 14.6 Å². The third-order valence-corrected chi connectivity index (χ3v) is 1.72. The number of nitrogen functional groups attached to an aromatic ring is 1. The highest BCUT2D eigenvalue weighted by atomic mass is 15.2. The zero-order valence-electron chi connectivity index (χ0n) is 6.15. The second-order valence-electron chi connectivity index (χ2n) is 2.42. The monoisotopic (exact) mass is 148 g/mol. The highest BCUT2D eigenvalue weighted by Gasteiger charge is 2.02. The van der Waals surface area contributed by atoms with Gasteiger partial charge in [0, 0.05) is 18.0 Å². The maximum atomic E-state index is 5.59. The standard InChI is InChI=1S/C7H8N4/c1-5-6-4-9-2-3-11(6)10-7(5)8/h2-4H,1H3,(H2,8,10). The molecular formula is C7H8N4. The molecule has 2 rings (SSSR count). The highest BCUT2D eigenvalue weighted by molar-refractivity contribution is 5.61. The van der Waals surface area contributed by atoms with Gasteiger partial charge in [0.2, 0.25) is 0 Å². The Morgan fingerprint density at radius 3 is 3.09 bits per heavy atom. The molecule has 0 saturated carbocycles. The van der Waals surface area contributed by atoms with Gasteiger partial charge in [-0.05, 0) is 6.92 Å². The molecule has 0 aliphatic rings. The summed E-state index contributed by atoms with van der Waals surface area (Å²) < 4.78 is 1.72. The van der Waals surface area contributed by atoms with Gasteiger partial charge in [0.15, 0.2) is 0 Å². The van der Waals surface area contributed by atoms with Crippen LogP contribution in [0.5, 0.6) is 0 Å². The molecule has 2 heterocycles. The van der Waals surface area contributed by atoms with E-state index in [1.165, 1.54) is 0 Å². The van der Waals surface area contributed by atoms with Crippen LogP contribution in [0.1, 0.15) is 5.56 Å². The first kappa shape index (κ1) is 6.15. The lowest BCUT2D eigenvalue weighted by molar-refractivity contribution is 0.952. The van der Waals surface area contributed by atoms with Crippen molar-refractivity contribution in [3.8, 4) is 0 Å². The molecule has 0 unspecified atom stereocenters. The van der Waals surface area contributed by atoms with Crippen molar-refractivity contribution in [2.45, 2.75) is 6.92 Å². The van der Waals surface area contributed by atoms with Gasteiger partial charge >= 0.3 is 0 Å². The molecule has 0 aliphatic carbocycles. The normalized spacial score (nSPS) is 10.6. The molecule has 0 aliphatic heterocycles. The van der Waals surface area contributed by atoms with Crippen molar-refractivity contribution in [2.24, 2.45) is 0 Å². The Labute approximate surface area is 63.7 Å². The summed E-state index contributed by atoms with van der Waals surface area (Å²) in [5.74, 6) is 0.568. The van der Waals surface area contributed by atoms with Crippen LogP contribution < -0.4 is 5.73 Å². The van der Waals surface area contributed by atoms with Crippen LogP contribution in [0.25, 0.3) is 5.52 Å². The van der Waals surface area contributed by atoms with E-state index < -0.39 is 0 Å². The lowest BCUT2D eigenvalue weighted by Gasteiger charge is -1.88. The Morgan fingerprint density at radius 1 is 1.55 bits per heavy atom. The lowest BCUT2D eigenvalue weighted by atomic mass is 10.3. The van der Waals surface area contributed by atoms with Crippen molar-refractivity contribution in [2.75, 3.05) is 5.73 Å². The Hall–Kier alpha value is -1.58. The molecule has 0 aromatic carbocycles. The summed E-state index contributed by atoms with van der Waals surface area (Å²) in [4.78, 5) is 3.97. The zero-order chi connectivity index (χ0) is 7.84. The first-order valence-electron chi connectivity index (χ1n) is 3.33. The van der Waals surface area contributed by atoms with Gasteiger partial charge in [-0.25, -0.2) is 4.52 Å². The summed E-state index contributed by atoms with van der Waals surface area (Å²) in [7, 11) is 0. The van der Waals surface area contributed by atoms with Gasteiger partial charge in [-0.15, -0.1) is 0 Å². The molecular weight excluding hydrogens is 140 g/mol. The maximum absolute atomic E-state index is 5.59. The number of hydrogen-bond donors (Lipinski definition) is 1. The summed E-state index contributed by atoms with van der Waals surface area (Å²) >= 11 is 0. The molecule has 0 amide bonds. The summed E-state index contributed by atoms with van der Waals surface area (Å²) in [6, 6.07) is 0. The van der Waals surface area contributed by atoms with E-state index in [-0.39, 0.29) is 0 Å².